The zero-order valence-corrected chi connectivity index (χ0v) is 6.33. The summed E-state index contributed by atoms with van der Waals surface area (Å²) in [6, 6.07) is 0. The molecule has 0 unspecified atom stereocenters. The third-order valence-electron chi connectivity index (χ3n) is 1.37. The van der Waals surface area contributed by atoms with E-state index in [0.29, 0.717) is 0 Å². The highest BCUT2D eigenvalue weighted by Gasteiger charge is 2.29. The first-order valence-corrected chi connectivity index (χ1v) is 3.36. The largest absolute Gasteiger partial charge is 0.394 e. The Labute approximate surface area is 70.7 Å². The first-order valence-electron chi connectivity index (χ1n) is 3.86. The molecule has 0 saturated heterocycles. The molecule has 0 amide bonds. The van der Waals surface area contributed by atoms with Gasteiger partial charge in [-0.2, -0.15) is 0 Å². The van der Waals surface area contributed by atoms with E-state index in [0.717, 1.165) is 0 Å². The van der Waals surface area contributed by atoms with Gasteiger partial charge >= 0.3 is 0 Å². The van der Waals surface area contributed by atoms with E-state index in [4.69, 9.17) is 32.0 Å². The van der Waals surface area contributed by atoms with Crippen LogP contribution in [0.5, 0.6) is 0 Å². The molecule has 0 aliphatic heterocycles. The fourth-order valence-corrected chi connectivity index (χ4v) is 0.588. The standard InChI is InChI=1S/C6H14O6/c7-1-3(9)5(11)6(12)4(10)2-8/h3-12H,1-2H2/t3-,4+,5-,6-/m1/s1/i5D/t3-,4+,5+,6+/m0. The summed E-state index contributed by atoms with van der Waals surface area (Å²) in [4.78, 5) is 0. The molecule has 6 N–H and O–H groups in total. The van der Waals surface area contributed by atoms with Crippen LogP contribution in [0.1, 0.15) is 1.37 Å². The normalized spacial score (nSPS) is 25.3. The minimum absolute atomic E-state index is 0.861. The predicted molar refractivity (Wildman–Crippen MR) is 38.2 cm³/mol. The maximum absolute atomic E-state index is 9.09. The van der Waals surface area contributed by atoms with Crippen molar-refractivity contribution in [3.63, 3.8) is 0 Å². The van der Waals surface area contributed by atoms with Crippen molar-refractivity contribution in [2.75, 3.05) is 13.2 Å². The molecule has 74 valence electrons. The van der Waals surface area contributed by atoms with Gasteiger partial charge in [0.2, 0.25) is 0 Å². The summed E-state index contributed by atoms with van der Waals surface area (Å²) in [5.74, 6) is 0. The second-order valence-corrected chi connectivity index (χ2v) is 2.32. The number of aliphatic hydroxyl groups is 6. The maximum Gasteiger partial charge on any atom is 0.111 e. The monoisotopic (exact) mass is 183 g/mol. The van der Waals surface area contributed by atoms with Gasteiger partial charge in [0.1, 0.15) is 24.4 Å². The molecule has 0 fully saturated rings. The van der Waals surface area contributed by atoms with Crippen molar-refractivity contribution in [3.05, 3.63) is 0 Å². The van der Waals surface area contributed by atoms with Crippen LogP contribution >= 0.6 is 0 Å². The average molecular weight is 183 g/mol. The number of hydrogen-bond donors (Lipinski definition) is 6. The van der Waals surface area contributed by atoms with E-state index in [2.05, 4.69) is 0 Å². The molecule has 12 heavy (non-hydrogen) atoms. The van der Waals surface area contributed by atoms with Crippen LogP contribution in [0.3, 0.4) is 0 Å². The summed E-state index contributed by atoms with van der Waals surface area (Å²) < 4.78 is 7.00. The molecule has 0 aromatic heterocycles. The zero-order chi connectivity index (χ0) is 10.6. The third kappa shape index (κ3) is 3.02. The Morgan fingerprint density at radius 2 is 1.33 bits per heavy atom. The quantitative estimate of drug-likeness (QED) is 0.262. The molecular formula is C6H14O6. The van der Waals surface area contributed by atoms with Crippen LogP contribution in [0, 0.1) is 0 Å². The molecule has 0 aromatic rings. The van der Waals surface area contributed by atoms with Crippen LogP contribution in [-0.2, 0) is 0 Å². The Kier molecular flexibility index (Phi) is 4.44. The Hall–Kier alpha value is -0.240. The predicted octanol–water partition coefficient (Wildman–Crippen LogP) is -3.59. The third-order valence-corrected chi connectivity index (χ3v) is 1.37. The van der Waals surface area contributed by atoms with E-state index in [1.807, 2.05) is 0 Å². The van der Waals surface area contributed by atoms with Crippen molar-refractivity contribution in [2.45, 2.75) is 24.4 Å². The fourth-order valence-electron chi connectivity index (χ4n) is 0.588. The van der Waals surface area contributed by atoms with Crippen molar-refractivity contribution in [3.8, 4) is 0 Å². The van der Waals surface area contributed by atoms with E-state index in [9.17, 15) is 0 Å². The van der Waals surface area contributed by atoms with Gasteiger partial charge in [-0.15, -0.1) is 0 Å². The molecule has 0 heterocycles. The molecule has 6 heteroatoms. The van der Waals surface area contributed by atoms with E-state index in [-0.39, 0.29) is 0 Å². The Bertz CT molecular complexity index is 152. The molecule has 0 aliphatic carbocycles. The van der Waals surface area contributed by atoms with Gasteiger partial charge in [-0.1, -0.05) is 0 Å². The number of rotatable bonds is 5. The molecule has 0 radical (unpaired) electrons. The van der Waals surface area contributed by atoms with Crippen molar-refractivity contribution in [2.24, 2.45) is 0 Å². The van der Waals surface area contributed by atoms with Gasteiger partial charge in [0.25, 0.3) is 0 Å². The van der Waals surface area contributed by atoms with Gasteiger partial charge < -0.3 is 30.6 Å². The van der Waals surface area contributed by atoms with Gasteiger partial charge in [-0.3, -0.25) is 0 Å². The maximum atomic E-state index is 9.09. The fraction of sp³-hybridized carbons (Fsp3) is 1.00. The van der Waals surface area contributed by atoms with Crippen molar-refractivity contribution >= 4 is 0 Å². The highest BCUT2D eigenvalue weighted by Crippen LogP contribution is 2.03. The first kappa shape index (κ1) is 9.85. The van der Waals surface area contributed by atoms with E-state index in [1.165, 1.54) is 0 Å². The molecule has 6 nitrogen and oxygen atoms in total. The molecule has 0 aromatic carbocycles. The van der Waals surface area contributed by atoms with Gasteiger partial charge in [0, 0.05) is 0 Å². The van der Waals surface area contributed by atoms with Crippen LogP contribution in [0.25, 0.3) is 0 Å². The SMILES string of the molecule is [2H][C@](O)([C@H](O)[C@H](O)CO)[C@@H](O)CO. The van der Waals surface area contributed by atoms with Gasteiger partial charge in [0.15, 0.2) is 0 Å². The highest BCUT2D eigenvalue weighted by atomic mass is 16.4. The van der Waals surface area contributed by atoms with Gasteiger partial charge in [0.05, 0.1) is 14.6 Å². The summed E-state index contributed by atoms with van der Waals surface area (Å²) >= 11 is 0. The van der Waals surface area contributed by atoms with Gasteiger partial charge in [-0.05, 0) is 0 Å². The average Bonchev–Trinajstić information content (AvgIpc) is 2.13. The topological polar surface area (TPSA) is 121 Å². The molecule has 4 atom stereocenters. The molecular weight excluding hydrogens is 168 g/mol. The minimum atomic E-state index is -2.81. The summed E-state index contributed by atoms with van der Waals surface area (Å²) in [6.45, 7) is -1.80. The summed E-state index contributed by atoms with van der Waals surface area (Å²) in [7, 11) is 0. The number of aliphatic hydroxyl groups excluding tert-OH is 5. The lowest BCUT2D eigenvalue weighted by Gasteiger charge is -2.24. The smallest absolute Gasteiger partial charge is 0.111 e. The zero-order valence-electron chi connectivity index (χ0n) is 7.33. The lowest BCUT2D eigenvalue weighted by atomic mass is 10.0. The second-order valence-electron chi connectivity index (χ2n) is 2.32. The summed E-state index contributed by atoms with van der Waals surface area (Å²) in [5, 5.41) is 52.6. The van der Waals surface area contributed by atoms with Crippen LogP contribution < -0.4 is 0 Å². The molecule has 0 bridgehead atoms. The van der Waals surface area contributed by atoms with Crippen LogP contribution in [0.4, 0.5) is 0 Å². The minimum Gasteiger partial charge on any atom is -0.394 e. The molecule has 0 saturated carbocycles. The first-order chi connectivity index (χ1) is 5.87. The van der Waals surface area contributed by atoms with Crippen molar-refractivity contribution in [1.82, 2.24) is 0 Å². The molecule has 0 rings (SSSR count). The molecule has 0 aliphatic rings. The lowest BCUT2D eigenvalue weighted by molar-refractivity contribution is -0.123. The second kappa shape index (κ2) is 5.41. The van der Waals surface area contributed by atoms with Crippen LogP contribution in [0.2, 0.25) is 0 Å². The lowest BCUT2D eigenvalue weighted by Crippen LogP contribution is -2.46. The van der Waals surface area contributed by atoms with E-state index >= 15 is 0 Å². The van der Waals surface area contributed by atoms with Crippen LogP contribution in [-0.4, -0.2) is 68.2 Å². The highest BCUT2D eigenvalue weighted by molar-refractivity contribution is 4.79. The Morgan fingerprint density at radius 3 is 1.67 bits per heavy atom. The number of hydrogen-bond acceptors (Lipinski definition) is 6. The Balaban J connectivity index is 4.42. The van der Waals surface area contributed by atoms with E-state index in [1.54, 1.807) is 0 Å². The summed E-state index contributed by atoms with van der Waals surface area (Å²) in [6.07, 6.45) is -8.52. The summed E-state index contributed by atoms with van der Waals surface area (Å²) in [5.41, 5.74) is 0. The van der Waals surface area contributed by atoms with Crippen molar-refractivity contribution in [1.29, 1.82) is 0 Å². The Morgan fingerprint density at radius 1 is 0.917 bits per heavy atom. The van der Waals surface area contributed by atoms with Crippen LogP contribution in [0.15, 0.2) is 0 Å². The van der Waals surface area contributed by atoms with Crippen molar-refractivity contribution < 1.29 is 32.0 Å². The van der Waals surface area contributed by atoms with Gasteiger partial charge in [-0.25, -0.2) is 0 Å². The van der Waals surface area contributed by atoms with E-state index < -0.39 is 37.6 Å². The molecule has 0 spiro atoms.